The van der Waals surface area contributed by atoms with Crippen molar-refractivity contribution >= 4 is 5.78 Å². The van der Waals surface area contributed by atoms with Gasteiger partial charge >= 0.3 is 0 Å². The molecule has 1 aliphatic carbocycles. The lowest BCUT2D eigenvalue weighted by molar-refractivity contribution is -0.119. The van der Waals surface area contributed by atoms with E-state index in [9.17, 15) is 4.79 Å². The summed E-state index contributed by atoms with van der Waals surface area (Å²) in [6.07, 6.45) is 1.97. The van der Waals surface area contributed by atoms with Crippen molar-refractivity contribution in [1.82, 2.24) is 9.78 Å². The van der Waals surface area contributed by atoms with Crippen LogP contribution in [0.2, 0.25) is 0 Å². The van der Waals surface area contributed by atoms with E-state index in [1.54, 1.807) is 6.92 Å². The van der Waals surface area contributed by atoms with Gasteiger partial charge in [-0.15, -0.1) is 0 Å². The number of ketones is 1. The maximum atomic E-state index is 11.4. The molecule has 0 saturated heterocycles. The minimum atomic E-state index is -0.185. The summed E-state index contributed by atoms with van der Waals surface area (Å²) in [6.45, 7) is 3.63. The zero-order valence-corrected chi connectivity index (χ0v) is 8.29. The zero-order chi connectivity index (χ0) is 9.64. The molecule has 0 atom stereocenters. The van der Waals surface area contributed by atoms with Gasteiger partial charge in [0.05, 0.1) is 16.8 Å². The molecule has 1 fully saturated rings. The highest BCUT2D eigenvalue weighted by molar-refractivity contribution is 5.90. The van der Waals surface area contributed by atoms with Gasteiger partial charge in [0.25, 0.3) is 0 Å². The van der Waals surface area contributed by atoms with Crippen molar-refractivity contribution in [2.75, 3.05) is 0 Å². The third kappa shape index (κ3) is 1.10. The first kappa shape index (κ1) is 8.48. The predicted octanol–water partition coefficient (Wildman–Crippen LogP) is 1.35. The molecule has 13 heavy (non-hydrogen) atoms. The van der Waals surface area contributed by atoms with E-state index < -0.39 is 0 Å². The Balaban J connectivity index is 2.46. The van der Waals surface area contributed by atoms with E-state index in [1.807, 2.05) is 24.7 Å². The normalized spacial score (nSPS) is 18.7. The van der Waals surface area contributed by atoms with Crippen LogP contribution in [0.3, 0.4) is 0 Å². The molecule has 70 valence electrons. The molecular weight excluding hydrogens is 164 g/mol. The molecule has 0 unspecified atom stereocenters. The van der Waals surface area contributed by atoms with Crippen molar-refractivity contribution in [1.29, 1.82) is 0 Å². The lowest BCUT2D eigenvalue weighted by Gasteiger charge is -2.10. The molecule has 0 N–H and O–H groups in total. The van der Waals surface area contributed by atoms with E-state index in [0.717, 1.165) is 24.2 Å². The first-order valence-electron chi connectivity index (χ1n) is 4.58. The topological polar surface area (TPSA) is 34.9 Å². The smallest absolute Gasteiger partial charge is 0.141 e. The standard InChI is InChI=1S/C10H14N2O/c1-7-6-9(12(3)11-7)10(4-5-10)8(2)13/h6H,4-5H2,1-3H3. The van der Waals surface area contributed by atoms with Crippen LogP contribution in [0.15, 0.2) is 6.07 Å². The first-order chi connectivity index (χ1) is 6.06. The number of carbonyl (C=O) groups excluding carboxylic acids is 1. The molecule has 2 rings (SSSR count). The van der Waals surface area contributed by atoms with Gasteiger partial charge in [0.15, 0.2) is 0 Å². The lowest BCUT2D eigenvalue weighted by atomic mass is 9.97. The van der Waals surface area contributed by atoms with Crippen LogP contribution < -0.4 is 0 Å². The molecule has 0 radical (unpaired) electrons. The summed E-state index contributed by atoms with van der Waals surface area (Å²) in [6, 6.07) is 2.02. The van der Waals surface area contributed by atoms with Gasteiger partial charge in [-0.25, -0.2) is 0 Å². The molecule has 3 nitrogen and oxygen atoms in total. The molecule has 0 aromatic carbocycles. The Morgan fingerprint density at radius 2 is 2.23 bits per heavy atom. The molecular formula is C10H14N2O. The number of rotatable bonds is 2. The fourth-order valence-corrected chi connectivity index (χ4v) is 1.97. The van der Waals surface area contributed by atoms with Gasteiger partial charge in [0.2, 0.25) is 0 Å². The summed E-state index contributed by atoms with van der Waals surface area (Å²) in [4.78, 5) is 11.4. The van der Waals surface area contributed by atoms with E-state index >= 15 is 0 Å². The Hall–Kier alpha value is -1.12. The van der Waals surface area contributed by atoms with Crippen LogP contribution in [-0.4, -0.2) is 15.6 Å². The summed E-state index contributed by atoms with van der Waals surface area (Å²) in [5.41, 5.74) is 1.89. The van der Waals surface area contributed by atoms with Crippen LogP contribution in [0, 0.1) is 6.92 Å². The second-order valence-electron chi connectivity index (χ2n) is 3.93. The molecule has 1 aliphatic rings. The monoisotopic (exact) mass is 178 g/mol. The molecule has 1 aromatic rings. The van der Waals surface area contributed by atoms with Gasteiger partial charge in [0.1, 0.15) is 5.78 Å². The number of aromatic nitrogens is 2. The maximum absolute atomic E-state index is 11.4. The highest BCUT2D eigenvalue weighted by Gasteiger charge is 2.50. The second-order valence-corrected chi connectivity index (χ2v) is 3.93. The van der Waals surface area contributed by atoms with E-state index in [-0.39, 0.29) is 11.2 Å². The molecule has 0 amide bonds. The summed E-state index contributed by atoms with van der Waals surface area (Å²) < 4.78 is 1.84. The Morgan fingerprint density at radius 3 is 2.54 bits per heavy atom. The van der Waals surface area contributed by atoms with Crippen LogP contribution in [0.5, 0.6) is 0 Å². The number of carbonyl (C=O) groups is 1. The third-order valence-electron chi connectivity index (χ3n) is 2.92. The van der Waals surface area contributed by atoms with Crippen LogP contribution in [0.4, 0.5) is 0 Å². The Morgan fingerprint density at radius 1 is 1.62 bits per heavy atom. The maximum Gasteiger partial charge on any atom is 0.141 e. The van der Waals surface area contributed by atoms with Crippen molar-refractivity contribution in [2.45, 2.75) is 32.1 Å². The van der Waals surface area contributed by atoms with Gasteiger partial charge in [-0.2, -0.15) is 5.10 Å². The van der Waals surface area contributed by atoms with Crippen molar-refractivity contribution in [3.63, 3.8) is 0 Å². The zero-order valence-electron chi connectivity index (χ0n) is 8.29. The fourth-order valence-electron chi connectivity index (χ4n) is 1.97. The van der Waals surface area contributed by atoms with Crippen molar-refractivity contribution in [3.8, 4) is 0 Å². The quantitative estimate of drug-likeness (QED) is 0.685. The van der Waals surface area contributed by atoms with E-state index in [2.05, 4.69) is 5.10 Å². The Bertz CT molecular complexity index is 361. The minimum Gasteiger partial charge on any atom is -0.299 e. The minimum absolute atomic E-state index is 0.185. The number of aryl methyl sites for hydroxylation is 2. The van der Waals surface area contributed by atoms with Crippen LogP contribution in [0.1, 0.15) is 31.2 Å². The molecule has 0 bridgehead atoms. The average molecular weight is 178 g/mol. The van der Waals surface area contributed by atoms with Crippen molar-refractivity contribution < 1.29 is 4.79 Å². The molecule has 0 spiro atoms. The van der Waals surface area contributed by atoms with Gasteiger partial charge in [-0.1, -0.05) is 0 Å². The molecule has 1 saturated carbocycles. The van der Waals surface area contributed by atoms with Crippen LogP contribution >= 0.6 is 0 Å². The van der Waals surface area contributed by atoms with Gasteiger partial charge < -0.3 is 0 Å². The van der Waals surface area contributed by atoms with E-state index in [4.69, 9.17) is 0 Å². The van der Waals surface area contributed by atoms with Crippen LogP contribution in [0.25, 0.3) is 0 Å². The van der Waals surface area contributed by atoms with Gasteiger partial charge in [0, 0.05) is 7.05 Å². The molecule has 3 heteroatoms. The molecule has 1 aromatic heterocycles. The lowest BCUT2D eigenvalue weighted by Crippen LogP contribution is -2.20. The summed E-state index contributed by atoms with van der Waals surface area (Å²) >= 11 is 0. The fraction of sp³-hybridized carbons (Fsp3) is 0.600. The van der Waals surface area contributed by atoms with Crippen LogP contribution in [-0.2, 0) is 17.3 Å². The highest BCUT2D eigenvalue weighted by atomic mass is 16.1. The summed E-state index contributed by atoms with van der Waals surface area (Å²) in [5.74, 6) is 0.274. The molecule has 1 heterocycles. The highest BCUT2D eigenvalue weighted by Crippen LogP contribution is 2.48. The van der Waals surface area contributed by atoms with Crippen molar-refractivity contribution in [3.05, 3.63) is 17.5 Å². The van der Waals surface area contributed by atoms with Gasteiger partial charge in [-0.3, -0.25) is 9.48 Å². The van der Waals surface area contributed by atoms with E-state index in [0.29, 0.717) is 0 Å². The largest absolute Gasteiger partial charge is 0.299 e. The molecule has 0 aliphatic heterocycles. The number of nitrogens with zero attached hydrogens (tertiary/aromatic N) is 2. The van der Waals surface area contributed by atoms with E-state index in [1.165, 1.54) is 0 Å². The number of hydrogen-bond acceptors (Lipinski definition) is 2. The second kappa shape index (κ2) is 2.44. The Kier molecular flexibility index (Phi) is 1.59. The first-order valence-corrected chi connectivity index (χ1v) is 4.58. The number of hydrogen-bond donors (Lipinski definition) is 0. The number of Topliss-reactive ketones (excluding diaryl/α,β-unsaturated/α-hetero) is 1. The van der Waals surface area contributed by atoms with Crippen molar-refractivity contribution in [2.24, 2.45) is 7.05 Å². The SMILES string of the molecule is CC(=O)C1(c2cc(C)nn2C)CC1. The van der Waals surface area contributed by atoms with Gasteiger partial charge in [-0.05, 0) is 32.8 Å². The summed E-state index contributed by atoms with van der Waals surface area (Å²) in [5, 5.41) is 4.26. The predicted molar refractivity (Wildman–Crippen MR) is 49.5 cm³/mol. The summed E-state index contributed by atoms with van der Waals surface area (Å²) in [7, 11) is 1.91. The third-order valence-corrected chi connectivity index (χ3v) is 2.92. The average Bonchev–Trinajstić information content (AvgIpc) is 2.75. The Labute approximate surface area is 77.7 Å².